The molecule has 0 saturated carbocycles. The third kappa shape index (κ3) is 5.04. The molecule has 5 heteroatoms. The lowest BCUT2D eigenvalue weighted by Crippen LogP contribution is -2.41. The fourth-order valence-corrected chi connectivity index (χ4v) is 2.85. The van der Waals surface area contributed by atoms with Crippen molar-refractivity contribution in [3.8, 4) is 0 Å². The summed E-state index contributed by atoms with van der Waals surface area (Å²) >= 11 is 0. The number of amides is 1. The van der Waals surface area contributed by atoms with Crippen LogP contribution in [0.5, 0.6) is 0 Å². The molecule has 1 amide bonds. The standard InChI is InChI=1S/C16H29N3O.ClH/c1-10(2)7-14(9-17)18-16(20)15-8-12(5)19(11(3)4)13(15)6;/h8,10-11,14H,7,9,17H2,1-6H3,(H,18,20);1H. The summed E-state index contributed by atoms with van der Waals surface area (Å²) in [5, 5.41) is 3.06. The van der Waals surface area contributed by atoms with Gasteiger partial charge in [-0.25, -0.2) is 0 Å². The second kappa shape index (κ2) is 8.44. The minimum atomic E-state index is -0.0129. The second-order valence-electron chi connectivity index (χ2n) is 6.28. The Labute approximate surface area is 134 Å². The summed E-state index contributed by atoms with van der Waals surface area (Å²) in [6.07, 6.45) is 0.908. The van der Waals surface area contributed by atoms with E-state index in [2.05, 4.69) is 37.6 Å². The maximum Gasteiger partial charge on any atom is 0.253 e. The minimum Gasteiger partial charge on any atom is -0.348 e. The van der Waals surface area contributed by atoms with Crippen LogP contribution in [0.3, 0.4) is 0 Å². The molecular formula is C16H30ClN3O. The van der Waals surface area contributed by atoms with E-state index >= 15 is 0 Å². The Kier molecular flexibility index (Phi) is 8.04. The molecule has 0 fully saturated rings. The number of rotatable bonds is 6. The van der Waals surface area contributed by atoms with Gasteiger partial charge in [0.05, 0.1) is 5.56 Å². The molecule has 0 radical (unpaired) electrons. The fourth-order valence-electron chi connectivity index (χ4n) is 2.85. The van der Waals surface area contributed by atoms with Crippen molar-refractivity contribution < 1.29 is 4.79 Å². The Hall–Kier alpha value is -1.000. The van der Waals surface area contributed by atoms with E-state index in [-0.39, 0.29) is 24.4 Å². The van der Waals surface area contributed by atoms with Gasteiger partial charge in [-0.1, -0.05) is 13.8 Å². The SMILES string of the molecule is Cc1cc(C(=O)NC(CN)CC(C)C)c(C)n1C(C)C.Cl. The molecule has 0 aromatic carbocycles. The van der Waals surface area contributed by atoms with E-state index in [9.17, 15) is 4.79 Å². The van der Waals surface area contributed by atoms with Crippen molar-refractivity contribution in [3.05, 3.63) is 23.0 Å². The summed E-state index contributed by atoms with van der Waals surface area (Å²) in [4.78, 5) is 12.4. The van der Waals surface area contributed by atoms with Crippen LogP contribution in [0.25, 0.3) is 0 Å². The number of halogens is 1. The van der Waals surface area contributed by atoms with Gasteiger partial charge in [0, 0.05) is 30.0 Å². The molecule has 1 heterocycles. The molecule has 0 saturated heterocycles. The van der Waals surface area contributed by atoms with Crippen molar-refractivity contribution in [2.75, 3.05) is 6.54 Å². The number of nitrogens with two attached hydrogens (primary N) is 1. The maximum atomic E-state index is 12.4. The van der Waals surface area contributed by atoms with Crippen molar-refractivity contribution in [2.24, 2.45) is 11.7 Å². The highest BCUT2D eigenvalue weighted by molar-refractivity contribution is 5.95. The Morgan fingerprint density at radius 3 is 2.24 bits per heavy atom. The third-order valence-electron chi connectivity index (χ3n) is 3.62. The molecule has 0 aliphatic heterocycles. The van der Waals surface area contributed by atoms with Crippen molar-refractivity contribution in [1.82, 2.24) is 9.88 Å². The number of carbonyl (C=O) groups is 1. The zero-order valence-electron chi connectivity index (χ0n) is 14.1. The van der Waals surface area contributed by atoms with Crippen molar-refractivity contribution in [3.63, 3.8) is 0 Å². The zero-order valence-corrected chi connectivity index (χ0v) is 14.9. The Morgan fingerprint density at radius 1 is 1.29 bits per heavy atom. The van der Waals surface area contributed by atoms with Crippen LogP contribution >= 0.6 is 12.4 Å². The number of hydrogen-bond acceptors (Lipinski definition) is 2. The van der Waals surface area contributed by atoms with Gasteiger partial charge in [-0.05, 0) is 46.1 Å². The molecule has 1 atom stereocenters. The maximum absolute atomic E-state index is 12.4. The molecule has 1 aromatic heterocycles. The summed E-state index contributed by atoms with van der Waals surface area (Å²) in [7, 11) is 0. The van der Waals surface area contributed by atoms with Crippen LogP contribution in [0.15, 0.2) is 6.07 Å². The molecule has 1 rings (SSSR count). The average molecular weight is 316 g/mol. The first kappa shape index (κ1) is 20.0. The first-order valence-electron chi connectivity index (χ1n) is 7.47. The lowest BCUT2D eigenvalue weighted by Gasteiger charge is -2.19. The van der Waals surface area contributed by atoms with Crippen LogP contribution in [0.1, 0.15) is 61.9 Å². The van der Waals surface area contributed by atoms with Crippen molar-refractivity contribution >= 4 is 18.3 Å². The van der Waals surface area contributed by atoms with E-state index in [1.807, 2.05) is 19.9 Å². The van der Waals surface area contributed by atoms with Crippen LogP contribution in [0.2, 0.25) is 0 Å². The Morgan fingerprint density at radius 2 is 1.86 bits per heavy atom. The number of aromatic nitrogens is 1. The number of hydrogen-bond donors (Lipinski definition) is 2. The average Bonchev–Trinajstić information content (AvgIpc) is 2.63. The van der Waals surface area contributed by atoms with Gasteiger partial charge in [-0.15, -0.1) is 12.4 Å². The largest absolute Gasteiger partial charge is 0.348 e. The van der Waals surface area contributed by atoms with Crippen molar-refractivity contribution in [1.29, 1.82) is 0 Å². The summed E-state index contributed by atoms with van der Waals surface area (Å²) in [6.45, 7) is 13.1. The van der Waals surface area contributed by atoms with Gasteiger partial charge in [-0.2, -0.15) is 0 Å². The number of nitrogens with zero attached hydrogens (tertiary/aromatic N) is 1. The summed E-state index contributed by atoms with van der Waals surface area (Å²) < 4.78 is 2.19. The van der Waals surface area contributed by atoms with Gasteiger partial charge in [0.1, 0.15) is 0 Å². The molecule has 3 N–H and O–H groups in total. The van der Waals surface area contributed by atoms with Crippen LogP contribution in [-0.2, 0) is 0 Å². The van der Waals surface area contributed by atoms with Crippen LogP contribution in [0, 0.1) is 19.8 Å². The smallest absolute Gasteiger partial charge is 0.253 e. The molecular weight excluding hydrogens is 286 g/mol. The fraction of sp³-hybridized carbons (Fsp3) is 0.688. The summed E-state index contributed by atoms with van der Waals surface area (Å²) in [5.41, 5.74) is 8.66. The Bertz CT molecular complexity index is 466. The predicted molar refractivity (Wildman–Crippen MR) is 91.3 cm³/mol. The highest BCUT2D eigenvalue weighted by Crippen LogP contribution is 2.20. The highest BCUT2D eigenvalue weighted by Gasteiger charge is 2.19. The van der Waals surface area contributed by atoms with Crippen molar-refractivity contribution in [2.45, 2.75) is 60.0 Å². The molecule has 4 nitrogen and oxygen atoms in total. The van der Waals surface area contributed by atoms with Gasteiger partial charge in [0.15, 0.2) is 0 Å². The molecule has 0 spiro atoms. The van der Waals surface area contributed by atoms with Crippen LogP contribution in [-0.4, -0.2) is 23.1 Å². The summed E-state index contributed by atoms with van der Waals surface area (Å²) in [5.74, 6) is 0.507. The predicted octanol–water partition coefficient (Wildman–Crippen LogP) is 3.21. The van der Waals surface area contributed by atoms with E-state index in [1.54, 1.807) is 0 Å². The van der Waals surface area contributed by atoms with Crippen LogP contribution in [0.4, 0.5) is 0 Å². The number of nitrogens with one attached hydrogen (secondary N) is 1. The molecule has 0 aliphatic rings. The van der Waals surface area contributed by atoms with E-state index in [0.29, 0.717) is 18.5 Å². The number of aryl methyl sites for hydroxylation is 1. The molecule has 21 heavy (non-hydrogen) atoms. The van der Waals surface area contributed by atoms with Crippen LogP contribution < -0.4 is 11.1 Å². The Balaban J connectivity index is 0.00000400. The van der Waals surface area contributed by atoms with Gasteiger partial charge in [-0.3, -0.25) is 4.79 Å². The topological polar surface area (TPSA) is 60.1 Å². The third-order valence-corrected chi connectivity index (χ3v) is 3.62. The van der Waals surface area contributed by atoms with Gasteiger partial charge < -0.3 is 15.6 Å². The van der Waals surface area contributed by atoms with Gasteiger partial charge in [0.25, 0.3) is 5.91 Å². The quantitative estimate of drug-likeness (QED) is 0.846. The van der Waals surface area contributed by atoms with Gasteiger partial charge in [0.2, 0.25) is 0 Å². The molecule has 122 valence electrons. The second-order valence-corrected chi connectivity index (χ2v) is 6.28. The van der Waals surface area contributed by atoms with E-state index in [0.717, 1.165) is 23.4 Å². The highest BCUT2D eigenvalue weighted by atomic mass is 35.5. The minimum absolute atomic E-state index is 0. The zero-order chi connectivity index (χ0) is 15.4. The number of carbonyl (C=O) groups excluding carboxylic acids is 1. The normalized spacial score (nSPS) is 12.4. The van der Waals surface area contributed by atoms with E-state index in [1.165, 1.54) is 0 Å². The molecule has 0 aliphatic carbocycles. The monoisotopic (exact) mass is 315 g/mol. The van der Waals surface area contributed by atoms with Gasteiger partial charge >= 0.3 is 0 Å². The molecule has 1 unspecified atom stereocenters. The summed E-state index contributed by atoms with van der Waals surface area (Å²) in [6, 6.07) is 2.37. The lowest BCUT2D eigenvalue weighted by atomic mass is 10.0. The lowest BCUT2D eigenvalue weighted by molar-refractivity contribution is 0.0933. The molecule has 1 aromatic rings. The first-order valence-corrected chi connectivity index (χ1v) is 7.47. The first-order chi connectivity index (χ1) is 9.27. The van der Waals surface area contributed by atoms with E-state index in [4.69, 9.17) is 5.73 Å². The van der Waals surface area contributed by atoms with E-state index < -0.39 is 0 Å². The molecule has 0 bridgehead atoms.